The molecule has 1 N–H and O–H groups in total. The van der Waals surface area contributed by atoms with Crippen molar-refractivity contribution in [2.75, 3.05) is 12.4 Å². The van der Waals surface area contributed by atoms with Crippen molar-refractivity contribution in [2.24, 2.45) is 0 Å². The number of ether oxygens (including phenoxy) is 1. The Bertz CT molecular complexity index is 632. The van der Waals surface area contributed by atoms with E-state index >= 15 is 0 Å². The summed E-state index contributed by atoms with van der Waals surface area (Å²) in [4.78, 5) is 12.0. The van der Waals surface area contributed by atoms with Crippen LogP contribution in [0, 0.1) is 6.92 Å². The molecule has 1 amide bonds. The molecule has 0 spiro atoms. The van der Waals surface area contributed by atoms with Gasteiger partial charge in [0.2, 0.25) is 5.91 Å². The first-order chi connectivity index (χ1) is 10.6. The Labute approximate surface area is 132 Å². The van der Waals surface area contributed by atoms with Gasteiger partial charge in [0.25, 0.3) is 0 Å². The molecule has 0 aliphatic heterocycles. The standard InChI is InChI=1S/C19H23NO2/c1-4-15-5-9-17(10-6-15)20-19(21)12-8-16-7-11-18(22-3)14(2)13-16/h5-7,9-11,13H,4,8,12H2,1-3H3,(H,20,21). The van der Waals surface area contributed by atoms with Crippen molar-refractivity contribution in [1.82, 2.24) is 0 Å². The van der Waals surface area contributed by atoms with E-state index in [1.165, 1.54) is 5.56 Å². The van der Waals surface area contributed by atoms with E-state index in [0.29, 0.717) is 6.42 Å². The van der Waals surface area contributed by atoms with E-state index < -0.39 is 0 Å². The number of benzene rings is 2. The highest BCUT2D eigenvalue weighted by Crippen LogP contribution is 2.19. The average Bonchev–Trinajstić information content (AvgIpc) is 2.54. The van der Waals surface area contributed by atoms with Gasteiger partial charge in [0.05, 0.1) is 7.11 Å². The quantitative estimate of drug-likeness (QED) is 0.870. The van der Waals surface area contributed by atoms with Gasteiger partial charge in [0, 0.05) is 12.1 Å². The number of hydrogen-bond donors (Lipinski definition) is 1. The molecule has 2 rings (SSSR count). The molecular formula is C19H23NO2. The zero-order chi connectivity index (χ0) is 15.9. The molecule has 0 heterocycles. The molecule has 2 aromatic rings. The Morgan fingerprint density at radius 3 is 2.36 bits per heavy atom. The summed E-state index contributed by atoms with van der Waals surface area (Å²) in [7, 11) is 1.67. The van der Waals surface area contributed by atoms with Crippen molar-refractivity contribution in [2.45, 2.75) is 33.1 Å². The number of aryl methyl sites for hydroxylation is 3. The summed E-state index contributed by atoms with van der Waals surface area (Å²) in [6.07, 6.45) is 2.20. The largest absolute Gasteiger partial charge is 0.496 e. The summed E-state index contributed by atoms with van der Waals surface area (Å²) >= 11 is 0. The first-order valence-corrected chi connectivity index (χ1v) is 7.64. The van der Waals surface area contributed by atoms with E-state index in [9.17, 15) is 4.79 Å². The summed E-state index contributed by atoms with van der Waals surface area (Å²) in [6, 6.07) is 14.0. The summed E-state index contributed by atoms with van der Waals surface area (Å²) in [5.74, 6) is 0.918. The van der Waals surface area contributed by atoms with E-state index in [2.05, 4.69) is 18.3 Å². The molecule has 0 saturated heterocycles. The average molecular weight is 297 g/mol. The predicted molar refractivity (Wildman–Crippen MR) is 90.5 cm³/mol. The van der Waals surface area contributed by atoms with Crippen molar-refractivity contribution in [3.63, 3.8) is 0 Å². The minimum absolute atomic E-state index is 0.0396. The molecule has 0 fully saturated rings. The summed E-state index contributed by atoms with van der Waals surface area (Å²) in [5, 5.41) is 2.94. The molecule has 3 nitrogen and oxygen atoms in total. The van der Waals surface area contributed by atoms with Crippen LogP contribution in [0.1, 0.15) is 30.0 Å². The van der Waals surface area contributed by atoms with Crippen molar-refractivity contribution in [1.29, 1.82) is 0 Å². The van der Waals surface area contributed by atoms with Gasteiger partial charge in [0.1, 0.15) is 5.75 Å². The van der Waals surface area contributed by atoms with E-state index in [0.717, 1.165) is 35.4 Å². The Balaban J connectivity index is 1.88. The lowest BCUT2D eigenvalue weighted by Crippen LogP contribution is -2.12. The SMILES string of the molecule is CCc1ccc(NC(=O)CCc2ccc(OC)c(C)c2)cc1. The number of amides is 1. The van der Waals surface area contributed by atoms with Gasteiger partial charge in [-0.3, -0.25) is 4.79 Å². The summed E-state index contributed by atoms with van der Waals surface area (Å²) in [5.41, 5.74) is 4.37. The molecule has 22 heavy (non-hydrogen) atoms. The second kappa shape index (κ2) is 7.64. The maximum atomic E-state index is 12.0. The van der Waals surface area contributed by atoms with Crippen LogP contribution in [0.3, 0.4) is 0 Å². The minimum atomic E-state index is 0.0396. The van der Waals surface area contributed by atoms with Gasteiger partial charge in [-0.15, -0.1) is 0 Å². The third-order valence-electron chi connectivity index (χ3n) is 3.75. The molecule has 0 radical (unpaired) electrons. The summed E-state index contributed by atoms with van der Waals surface area (Å²) in [6.45, 7) is 4.13. The fraction of sp³-hybridized carbons (Fsp3) is 0.316. The van der Waals surface area contributed by atoms with Crippen molar-refractivity contribution in [3.8, 4) is 5.75 Å². The number of nitrogens with one attached hydrogen (secondary N) is 1. The Morgan fingerprint density at radius 1 is 1.09 bits per heavy atom. The normalized spacial score (nSPS) is 10.3. The van der Waals surface area contributed by atoms with Crippen LogP contribution in [0.15, 0.2) is 42.5 Å². The lowest BCUT2D eigenvalue weighted by Gasteiger charge is -2.08. The highest BCUT2D eigenvalue weighted by molar-refractivity contribution is 5.90. The number of carbonyl (C=O) groups is 1. The lowest BCUT2D eigenvalue weighted by molar-refractivity contribution is -0.116. The van der Waals surface area contributed by atoms with Crippen LogP contribution in [0.4, 0.5) is 5.69 Å². The molecule has 116 valence electrons. The van der Waals surface area contributed by atoms with E-state index in [1.807, 2.05) is 43.3 Å². The highest BCUT2D eigenvalue weighted by atomic mass is 16.5. The van der Waals surface area contributed by atoms with Gasteiger partial charge in [-0.2, -0.15) is 0 Å². The maximum Gasteiger partial charge on any atom is 0.224 e. The van der Waals surface area contributed by atoms with E-state index in [1.54, 1.807) is 7.11 Å². The molecule has 0 aliphatic rings. The first-order valence-electron chi connectivity index (χ1n) is 7.64. The number of carbonyl (C=O) groups excluding carboxylic acids is 1. The van der Waals surface area contributed by atoms with E-state index in [-0.39, 0.29) is 5.91 Å². The smallest absolute Gasteiger partial charge is 0.224 e. The Hall–Kier alpha value is -2.29. The van der Waals surface area contributed by atoms with Crippen LogP contribution in [0.25, 0.3) is 0 Å². The molecule has 0 aromatic heterocycles. The highest BCUT2D eigenvalue weighted by Gasteiger charge is 2.05. The second-order valence-corrected chi connectivity index (χ2v) is 5.40. The monoisotopic (exact) mass is 297 g/mol. The van der Waals surface area contributed by atoms with Crippen LogP contribution in [-0.4, -0.2) is 13.0 Å². The van der Waals surface area contributed by atoms with Gasteiger partial charge in [0.15, 0.2) is 0 Å². The fourth-order valence-corrected chi connectivity index (χ4v) is 2.40. The number of hydrogen-bond acceptors (Lipinski definition) is 2. The third kappa shape index (κ3) is 4.35. The lowest BCUT2D eigenvalue weighted by atomic mass is 10.1. The second-order valence-electron chi connectivity index (χ2n) is 5.40. The molecule has 2 aromatic carbocycles. The molecule has 3 heteroatoms. The van der Waals surface area contributed by atoms with Gasteiger partial charge < -0.3 is 10.1 Å². The Kier molecular flexibility index (Phi) is 5.59. The van der Waals surface area contributed by atoms with Crippen molar-refractivity contribution >= 4 is 11.6 Å². The number of anilines is 1. The van der Waals surface area contributed by atoms with Crippen LogP contribution in [0.2, 0.25) is 0 Å². The molecule has 0 bridgehead atoms. The maximum absolute atomic E-state index is 12.0. The predicted octanol–water partition coefficient (Wildman–Crippen LogP) is 4.14. The molecule has 0 unspecified atom stereocenters. The van der Waals surface area contributed by atoms with Crippen LogP contribution in [-0.2, 0) is 17.6 Å². The number of rotatable bonds is 6. The number of methoxy groups -OCH3 is 1. The van der Waals surface area contributed by atoms with Gasteiger partial charge in [-0.1, -0.05) is 31.2 Å². The van der Waals surface area contributed by atoms with Crippen molar-refractivity contribution < 1.29 is 9.53 Å². The molecular weight excluding hydrogens is 274 g/mol. The third-order valence-corrected chi connectivity index (χ3v) is 3.75. The van der Waals surface area contributed by atoms with E-state index in [4.69, 9.17) is 4.74 Å². The molecule has 0 aliphatic carbocycles. The topological polar surface area (TPSA) is 38.3 Å². The summed E-state index contributed by atoms with van der Waals surface area (Å²) < 4.78 is 5.24. The van der Waals surface area contributed by atoms with Crippen LogP contribution < -0.4 is 10.1 Å². The van der Waals surface area contributed by atoms with Crippen molar-refractivity contribution in [3.05, 3.63) is 59.2 Å². The van der Waals surface area contributed by atoms with Gasteiger partial charge in [-0.05, 0) is 54.7 Å². The molecule has 0 saturated carbocycles. The molecule has 0 atom stereocenters. The Morgan fingerprint density at radius 2 is 1.77 bits per heavy atom. The van der Waals surface area contributed by atoms with Gasteiger partial charge in [-0.25, -0.2) is 0 Å². The zero-order valence-corrected chi connectivity index (χ0v) is 13.5. The van der Waals surface area contributed by atoms with Gasteiger partial charge >= 0.3 is 0 Å². The first kappa shape index (κ1) is 16.1. The minimum Gasteiger partial charge on any atom is -0.496 e. The fourth-order valence-electron chi connectivity index (χ4n) is 2.40. The van der Waals surface area contributed by atoms with Crippen LogP contribution >= 0.6 is 0 Å². The van der Waals surface area contributed by atoms with Crippen LogP contribution in [0.5, 0.6) is 5.75 Å². The zero-order valence-electron chi connectivity index (χ0n) is 13.5.